The Morgan fingerprint density at radius 3 is 2.67 bits per heavy atom. The molecule has 1 aromatic heterocycles. The van der Waals surface area contributed by atoms with Gasteiger partial charge in [-0.25, -0.2) is 8.78 Å². The first-order valence-electron chi connectivity index (χ1n) is 4.10. The molecule has 1 rings (SSSR count). The van der Waals surface area contributed by atoms with Crippen molar-refractivity contribution in [2.75, 3.05) is 0 Å². The molecular formula is C8H9F2N3O2. The second-order valence-corrected chi connectivity index (χ2v) is 2.91. The minimum absolute atomic E-state index is 0.0244. The Kier molecular flexibility index (Phi) is 3.25. The maximum Gasteiger partial charge on any atom is 0.372 e. The zero-order valence-corrected chi connectivity index (χ0v) is 7.91. The van der Waals surface area contributed by atoms with E-state index in [4.69, 9.17) is 5.73 Å². The number of aryl methyl sites for hydroxylation is 1. The Hall–Kier alpha value is -1.63. The van der Waals surface area contributed by atoms with Gasteiger partial charge in [0.15, 0.2) is 5.69 Å². The number of aromatic nitrogens is 1. The molecule has 0 fully saturated rings. The fourth-order valence-electron chi connectivity index (χ4n) is 1.17. The summed E-state index contributed by atoms with van der Waals surface area (Å²) < 4.78 is 24.9. The van der Waals surface area contributed by atoms with Crippen molar-refractivity contribution in [2.24, 2.45) is 5.73 Å². The summed E-state index contributed by atoms with van der Waals surface area (Å²) >= 11 is 0. The highest BCUT2D eigenvalue weighted by Gasteiger charge is 2.25. The molecule has 0 saturated carbocycles. The minimum atomic E-state index is -2.93. The molecule has 2 N–H and O–H groups in total. The lowest BCUT2D eigenvalue weighted by molar-refractivity contribution is -0.391. The van der Waals surface area contributed by atoms with Crippen molar-refractivity contribution in [1.82, 2.24) is 4.98 Å². The first-order chi connectivity index (χ1) is 6.97. The van der Waals surface area contributed by atoms with Gasteiger partial charge in [-0.2, -0.15) is 0 Å². The second kappa shape index (κ2) is 4.26. The van der Waals surface area contributed by atoms with E-state index in [1.165, 1.54) is 6.92 Å². The zero-order valence-electron chi connectivity index (χ0n) is 7.91. The number of nitro groups is 1. The lowest BCUT2D eigenvalue weighted by Gasteiger charge is -2.04. The van der Waals surface area contributed by atoms with Crippen molar-refractivity contribution in [3.05, 3.63) is 33.0 Å². The molecule has 0 aliphatic carbocycles. The summed E-state index contributed by atoms with van der Waals surface area (Å²) in [4.78, 5) is 13.0. The van der Waals surface area contributed by atoms with Crippen LogP contribution in [-0.4, -0.2) is 9.91 Å². The summed E-state index contributed by atoms with van der Waals surface area (Å²) in [5, 5.41) is 10.5. The van der Waals surface area contributed by atoms with Gasteiger partial charge in [0, 0.05) is 19.0 Å². The summed E-state index contributed by atoms with van der Waals surface area (Å²) in [6.07, 6.45) is -2.93. The fourth-order valence-corrected chi connectivity index (χ4v) is 1.17. The van der Waals surface area contributed by atoms with Gasteiger partial charge in [-0.3, -0.25) is 0 Å². The quantitative estimate of drug-likeness (QED) is 0.617. The van der Waals surface area contributed by atoms with Gasteiger partial charge in [0.2, 0.25) is 0 Å². The largest absolute Gasteiger partial charge is 0.372 e. The lowest BCUT2D eigenvalue weighted by Crippen LogP contribution is -2.07. The Labute approximate surface area is 84.1 Å². The van der Waals surface area contributed by atoms with E-state index in [1.54, 1.807) is 0 Å². The van der Waals surface area contributed by atoms with Crippen LogP contribution in [0.3, 0.4) is 0 Å². The average Bonchev–Trinajstić information content (AvgIpc) is 2.16. The first-order valence-corrected chi connectivity index (χ1v) is 4.10. The van der Waals surface area contributed by atoms with E-state index in [9.17, 15) is 18.9 Å². The number of alkyl halides is 2. The molecule has 7 heteroatoms. The van der Waals surface area contributed by atoms with Gasteiger partial charge in [-0.05, 0) is 16.0 Å². The molecule has 82 valence electrons. The van der Waals surface area contributed by atoms with E-state index in [0.717, 1.165) is 6.07 Å². The molecule has 0 radical (unpaired) electrons. The number of halogens is 2. The zero-order chi connectivity index (χ0) is 11.6. The van der Waals surface area contributed by atoms with Crippen molar-refractivity contribution >= 4 is 5.82 Å². The molecule has 1 heterocycles. The lowest BCUT2D eigenvalue weighted by atomic mass is 10.1. The molecule has 5 nitrogen and oxygen atoms in total. The van der Waals surface area contributed by atoms with Gasteiger partial charge < -0.3 is 15.8 Å². The van der Waals surface area contributed by atoms with Gasteiger partial charge in [-0.15, -0.1) is 0 Å². The maximum atomic E-state index is 12.5. The van der Waals surface area contributed by atoms with Crippen molar-refractivity contribution < 1.29 is 13.7 Å². The molecule has 0 bridgehead atoms. The van der Waals surface area contributed by atoms with Gasteiger partial charge in [-0.1, -0.05) is 0 Å². The monoisotopic (exact) mass is 217 g/mol. The van der Waals surface area contributed by atoms with Crippen LogP contribution in [0, 0.1) is 17.0 Å². The Balaban J connectivity index is 3.38. The SMILES string of the molecule is Cc1nc([N+](=O)[O-])c(C(F)F)cc1CN. The Morgan fingerprint density at radius 1 is 1.67 bits per heavy atom. The number of hydrogen-bond donors (Lipinski definition) is 1. The molecule has 0 saturated heterocycles. The van der Waals surface area contributed by atoms with Crippen LogP contribution in [0.15, 0.2) is 6.07 Å². The summed E-state index contributed by atoms with van der Waals surface area (Å²) in [5.74, 6) is -0.806. The van der Waals surface area contributed by atoms with Crippen LogP contribution in [-0.2, 0) is 6.54 Å². The van der Waals surface area contributed by atoms with E-state index in [-0.39, 0.29) is 6.54 Å². The van der Waals surface area contributed by atoms with Crippen molar-refractivity contribution in [1.29, 1.82) is 0 Å². The highest BCUT2D eigenvalue weighted by Crippen LogP contribution is 2.28. The number of rotatable bonds is 3. The number of hydrogen-bond acceptors (Lipinski definition) is 4. The maximum absolute atomic E-state index is 12.5. The normalized spacial score (nSPS) is 10.7. The van der Waals surface area contributed by atoms with Gasteiger partial charge in [0.05, 0.1) is 0 Å². The fraction of sp³-hybridized carbons (Fsp3) is 0.375. The van der Waals surface area contributed by atoms with Crippen LogP contribution in [0.2, 0.25) is 0 Å². The van der Waals surface area contributed by atoms with E-state index < -0.39 is 22.7 Å². The summed E-state index contributed by atoms with van der Waals surface area (Å²) in [6, 6.07) is 1.03. The van der Waals surface area contributed by atoms with E-state index in [1.807, 2.05) is 0 Å². The minimum Gasteiger partial charge on any atom is -0.358 e. The molecule has 0 amide bonds. The van der Waals surface area contributed by atoms with Gasteiger partial charge in [0.1, 0.15) is 5.56 Å². The predicted molar refractivity (Wildman–Crippen MR) is 48.5 cm³/mol. The number of nitrogens with zero attached hydrogens (tertiary/aromatic N) is 2. The molecular weight excluding hydrogens is 208 g/mol. The van der Waals surface area contributed by atoms with Crippen molar-refractivity contribution in [3.63, 3.8) is 0 Å². The molecule has 0 aromatic carbocycles. The molecule has 0 spiro atoms. The van der Waals surface area contributed by atoms with Crippen molar-refractivity contribution in [3.8, 4) is 0 Å². The van der Waals surface area contributed by atoms with E-state index >= 15 is 0 Å². The van der Waals surface area contributed by atoms with Crippen molar-refractivity contribution in [2.45, 2.75) is 19.9 Å². The highest BCUT2D eigenvalue weighted by molar-refractivity contribution is 5.39. The third kappa shape index (κ3) is 2.24. The second-order valence-electron chi connectivity index (χ2n) is 2.91. The van der Waals surface area contributed by atoms with Crippen LogP contribution in [0.4, 0.5) is 14.6 Å². The molecule has 0 aliphatic heterocycles. The van der Waals surface area contributed by atoms with Crippen LogP contribution in [0.5, 0.6) is 0 Å². The summed E-state index contributed by atoms with van der Waals surface area (Å²) in [5.41, 5.74) is 5.29. The molecule has 1 aromatic rings. The third-order valence-corrected chi connectivity index (χ3v) is 1.95. The Bertz CT molecular complexity index is 396. The topological polar surface area (TPSA) is 82.0 Å². The molecule has 0 atom stereocenters. The van der Waals surface area contributed by atoms with Gasteiger partial charge >= 0.3 is 5.82 Å². The first kappa shape index (κ1) is 11.4. The van der Waals surface area contributed by atoms with Crippen LogP contribution in [0.25, 0.3) is 0 Å². The smallest absolute Gasteiger partial charge is 0.358 e. The van der Waals surface area contributed by atoms with Crippen LogP contribution >= 0.6 is 0 Å². The molecule has 0 aliphatic rings. The van der Waals surface area contributed by atoms with E-state index in [2.05, 4.69) is 4.98 Å². The standard InChI is InChI=1S/C8H9F2N3O2/c1-4-5(3-11)2-6(7(9)10)8(12-4)13(14)15/h2,7H,3,11H2,1H3. The summed E-state index contributed by atoms with van der Waals surface area (Å²) in [7, 11) is 0. The predicted octanol–water partition coefficient (Wildman–Crippen LogP) is 1.69. The third-order valence-electron chi connectivity index (χ3n) is 1.95. The number of nitrogens with two attached hydrogens (primary N) is 1. The van der Waals surface area contributed by atoms with Crippen LogP contribution < -0.4 is 5.73 Å². The average molecular weight is 217 g/mol. The molecule has 0 unspecified atom stereocenters. The van der Waals surface area contributed by atoms with E-state index in [0.29, 0.717) is 11.3 Å². The highest BCUT2D eigenvalue weighted by atomic mass is 19.3. The number of pyridine rings is 1. The Morgan fingerprint density at radius 2 is 2.27 bits per heavy atom. The van der Waals surface area contributed by atoms with Gasteiger partial charge in [0.25, 0.3) is 6.43 Å². The van der Waals surface area contributed by atoms with Crippen LogP contribution in [0.1, 0.15) is 23.2 Å². The summed E-state index contributed by atoms with van der Waals surface area (Å²) in [6.45, 7) is 1.51. The molecule has 15 heavy (non-hydrogen) atoms.